The number of carbonyl (C=O) groups excluding carboxylic acids is 1. The Hall–Kier alpha value is -2.83. The summed E-state index contributed by atoms with van der Waals surface area (Å²) in [7, 11) is 1.36. The van der Waals surface area contributed by atoms with Gasteiger partial charge in [0.1, 0.15) is 5.75 Å². The Kier molecular flexibility index (Phi) is 7.20. The van der Waals surface area contributed by atoms with Crippen LogP contribution in [0.15, 0.2) is 42.5 Å². The van der Waals surface area contributed by atoms with Crippen LogP contribution in [0.4, 0.5) is 8.78 Å². The van der Waals surface area contributed by atoms with Gasteiger partial charge in [-0.3, -0.25) is 4.79 Å². The normalized spacial score (nSPS) is 10.5. The number of benzene rings is 2. The molecule has 0 saturated heterocycles. The lowest BCUT2D eigenvalue weighted by atomic mass is 10.2. The second-order valence-electron chi connectivity index (χ2n) is 5.55. The molecule has 0 saturated carbocycles. The fraction of sp³-hybridized carbons (Fsp3) is 0.316. The monoisotopic (exact) mass is 365 g/mol. The molecule has 2 aromatic carbocycles. The zero-order chi connectivity index (χ0) is 18.9. The van der Waals surface area contributed by atoms with Gasteiger partial charge in [-0.25, -0.2) is 0 Å². The molecular formula is C19H21F2NO4. The van der Waals surface area contributed by atoms with E-state index in [1.54, 1.807) is 12.1 Å². The van der Waals surface area contributed by atoms with Crippen LogP contribution in [-0.2, 0) is 11.3 Å². The highest BCUT2D eigenvalue weighted by atomic mass is 19.3. The summed E-state index contributed by atoms with van der Waals surface area (Å²) in [5, 5.41) is 2.74. The van der Waals surface area contributed by atoms with Crippen LogP contribution in [0.1, 0.15) is 17.5 Å². The standard InChI is InChI=1S/C19H21F2NO4/c1-13-3-6-15(7-4-13)25-10-9-18(23)22-12-14-5-8-16(26-19(20)21)17(11-14)24-2/h3-8,11,19H,9-10,12H2,1-2H3,(H,22,23). The van der Waals surface area contributed by atoms with Gasteiger partial charge in [0, 0.05) is 6.54 Å². The number of amides is 1. The van der Waals surface area contributed by atoms with Crippen LogP contribution in [-0.4, -0.2) is 26.2 Å². The summed E-state index contributed by atoms with van der Waals surface area (Å²) in [5.41, 5.74) is 1.84. The number of rotatable bonds is 9. The van der Waals surface area contributed by atoms with E-state index in [1.807, 2.05) is 31.2 Å². The van der Waals surface area contributed by atoms with Gasteiger partial charge in [0.15, 0.2) is 11.5 Å². The molecule has 2 rings (SSSR count). The molecule has 140 valence electrons. The molecule has 0 aromatic heterocycles. The minimum Gasteiger partial charge on any atom is -0.493 e. The van der Waals surface area contributed by atoms with E-state index in [9.17, 15) is 13.6 Å². The number of methoxy groups -OCH3 is 1. The highest BCUT2D eigenvalue weighted by Crippen LogP contribution is 2.29. The summed E-state index contributed by atoms with van der Waals surface area (Å²) in [6, 6.07) is 12.1. The number of hydrogen-bond acceptors (Lipinski definition) is 4. The Morgan fingerprint density at radius 3 is 2.50 bits per heavy atom. The van der Waals surface area contributed by atoms with Crippen LogP contribution in [0, 0.1) is 6.92 Å². The van der Waals surface area contributed by atoms with Crippen molar-refractivity contribution in [3.05, 3.63) is 53.6 Å². The Bertz CT molecular complexity index is 720. The van der Waals surface area contributed by atoms with Crippen molar-refractivity contribution in [3.63, 3.8) is 0 Å². The number of ether oxygens (including phenoxy) is 3. The van der Waals surface area contributed by atoms with Crippen molar-refractivity contribution in [3.8, 4) is 17.2 Å². The molecule has 26 heavy (non-hydrogen) atoms. The predicted octanol–water partition coefficient (Wildman–Crippen LogP) is 3.69. The average Bonchev–Trinajstić information content (AvgIpc) is 2.62. The Labute approximate surface area is 150 Å². The summed E-state index contributed by atoms with van der Waals surface area (Å²) in [5.74, 6) is 0.663. The number of hydrogen-bond donors (Lipinski definition) is 1. The largest absolute Gasteiger partial charge is 0.493 e. The number of aryl methyl sites for hydroxylation is 1. The predicted molar refractivity (Wildman–Crippen MR) is 92.8 cm³/mol. The second-order valence-corrected chi connectivity index (χ2v) is 5.55. The Balaban J connectivity index is 1.78. The van der Waals surface area contributed by atoms with Crippen LogP contribution < -0.4 is 19.5 Å². The maximum atomic E-state index is 12.3. The molecule has 0 radical (unpaired) electrons. The third-order valence-corrected chi connectivity index (χ3v) is 3.55. The van der Waals surface area contributed by atoms with Crippen molar-refractivity contribution >= 4 is 5.91 Å². The Morgan fingerprint density at radius 1 is 1.12 bits per heavy atom. The van der Waals surface area contributed by atoms with Crippen molar-refractivity contribution in [1.82, 2.24) is 5.32 Å². The molecule has 0 atom stereocenters. The zero-order valence-electron chi connectivity index (χ0n) is 14.6. The van der Waals surface area contributed by atoms with E-state index in [0.29, 0.717) is 11.3 Å². The lowest BCUT2D eigenvalue weighted by molar-refractivity contribution is -0.121. The SMILES string of the molecule is COc1cc(CNC(=O)CCOc2ccc(C)cc2)ccc1OC(F)F. The first-order valence-corrected chi connectivity index (χ1v) is 8.06. The van der Waals surface area contributed by atoms with Crippen molar-refractivity contribution in [1.29, 1.82) is 0 Å². The minimum atomic E-state index is -2.93. The maximum absolute atomic E-state index is 12.3. The smallest absolute Gasteiger partial charge is 0.387 e. The number of nitrogens with one attached hydrogen (secondary N) is 1. The third kappa shape index (κ3) is 6.23. The molecule has 0 bridgehead atoms. The van der Waals surface area contributed by atoms with Gasteiger partial charge in [0.25, 0.3) is 0 Å². The highest BCUT2D eigenvalue weighted by molar-refractivity contribution is 5.76. The highest BCUT2D eigenvalue weighted by Gasteiger charge is 2.11. The first kappa shape index (κ1) is 19.5. The van der Waals surface area contributed by atoms with E-state index in [4.69, 9.17) is 9.47 Å². The lowest BCUT2D eigenvalue weighted by Crippen LogP contribution is -2.24. The fourth-order valence-electron chi connectivity index (χ4n) is 2.20. The van der Waals surface area contributed by atoms with Gasteiger partial charge in [0.05, 0.1) is 20.1 Å². The van der Waals surface area contributed by atoms with Gasteiger partial charge in [-0.15, -0.1) is 0 Å². The molecule has 0 fully saturated rings. The molecule has 1 amide bonds. The second kappa shape index (κ2) is 9.60. The van der Waals surface area contributed by atoms with E-state index >= 15 is 0 Å². The fourth-order valence-corrected chi connectivity index (χ4v) is 2.20. The van der Waals surface area contributed by atoms with Gasteiger partial charge in [-0.1, -0.05) is 23.8 Å². The summed E-state index contributed by atoms with van der Waals surface area (Å²) in [4.78, 5) is 11.9. The topological polar surface area (TPSA) is 56.8 Å². The van der Waals surface area contributed by atoms with Gasteiger partial charge in [-0.2, -0.15) is 8.78 Å². The lowest BCUT2D eigenvalue weighted by Gasteiger charge is -2.12. The molecule has 0 spiro atoms. The molecule has 0 heterocycles. The van der Waals surface area contributed by atoms with Gasteiger partial charge >= 0.3 is 6.61 Å². The molecule has 1 N–H and O–H groups in total. The van der Waals surface area contributed by atoms with E-state index in [2.05, 4.69) is 10.1 Å². The summed E-state index contributed by atoms with van der Waals surface area (Å²) < 4.78 is 39.5. The molecule has 0 aliphatic rings. The van der Waals surface area contributed by atoms with Crippen molar-refractivity contribution in [2.24, 2.45) is 0 Å². The molecule has 0 unspecified atom stereocenters. The zero-order valence-corrected chi connectivity index (χ0v) is 14.6. The number of carbonyl (C=O) groups is 1. The van der Waals surface area contributed by atoms with Crippen LogP contribution in [0.2, 0.25) is 0 Å². The summed E-state index contributed by atoms with van der Waals surface area (Å²) in [6.07, 6.45) is 0.206. The van der Waals surface area contributed by atoms with Gasteiger partial charge < -0.3 is 19.5 Å². The van der Waals surface area contributed by atoms with E-state index in [1.165, 1.54) is 13.2 Å². The maximum Gasteiger partial charge on any atom is 0.387 e. The minimum absolute atomic E-state index is 0.0518. The quantitative estimate of drug-likeness (QED) is 0.736. The van der Waals surface area contributed by atoms with Crippen molar-refractivity contribution in [2.45, 2.75) is 26.5 Å². The van der Waals surface area contributed by atoms with Crippen LogP contribution >= 0.6 is 0 Å². The first-order chi connectivity index (χ1) is 12.5. The number of alkyl halides is 2. The van der Waals surface area contributed by atoms with E-state index < -0.39 is 6.61 Å². The molecule has 5 nitrogen and oxygen atoms in total. The van der Waals surface area contributed by atoms with Crippen LogP contribution in [0.3, 0.4) is 0 Å². The molecular weight excluding hydrogens is 344 g/mol. The van der Waals surface area contributed by atoms with Gasteiger partial charge in [-0.05, 0) is 36.8 Å². The van der Waals surface area contributed by atoms with Crippen LogP contribution in [0.5, 0.6) is 17.2 Å². The molecule has 2 aromatic rings. The molecule has 0 aliphatic heterocycles. The van der Waals surface area contributed by atoms with Crippen molar-refractivity contribution < 1.29 is 27.8 Å². The molecule has 7 heteroatoms. The van der Waals surface area contributed by atoms with E-state index in [0.717, 1.165) is 5.56 Å². The molecule has 0 aliphatic carbocycles. The van der Waals surface area contributed by atoms with Gasteiger partial charge in [0.2, 0.25) is 5.91 Å². The summed E-state index contributed by atoms with van der Waals surface area (Å²) in [6.45, 7) is -0.435. The number of halogens is 2. The van der Waals surface area contributed by atoms with E-state index in [-0.39, 0.29) is 37.0 Å². The van der Waals surface area contributed by atoms with Crippen LogP contribution in [0.25, 0.3) is 0 Å². The summed E-state index contributed by atoms with van der Waals surface area (Å²) >= 11 is 0. The average molecular weight is 365 g/mol. The Morgan fingerprint density at radius 2 is 1.85 bits per heavy atom. The first-order valence-electron chi connectivity index (χ1n) is 8.06. The van der Waals surface area contributed by atoms with Crippen molar-refractivity contribution in [2.75, 3.05) is 13.7 Å². The third-order valence-electron chi connectivity index (χ3n) is 3.55.